The van der Waals surface area contributed by atoms with Gasteiger partial charge in [0, 0.05) is 12.7 Å². The van der Waals surface area contributed by atoms with Gasteiger partial charge in [-0.3, -0.25) is 4.98 Å². The average molecular weight is 764 g/mol. The molecule has 1 saturated heterocycles. The van der Waals surface area contributed by atoms with E-state index >= 15 is 0 Å². The molecule has 3 rings (SSSR count). The van der Waals surface area contributed by atoms with E-state index in [0.29, 0.717) is 24.4 Å². The van der Waals surface area contributed by atoms with Gasteiger partial charge in [-0.1, -0.05) is 42.8 Å². The van der Waals surface area contributed by atoms with Crippen LogP contribution in [0.2, 0.25) is 0 Å². The summed E-state index contributed by atoms with van der Waals surface area (Å²) in [6.45, 7) is 30.4. The van der Waals surface area contributed by atoms with Gasteiger partial charge in [0.25, 0.3) is 0 Å². The van der Waals surface area contributed by atoms with Gasteiger partial charge in [0.2, 0.25) is 0 Å². The van der Waals surface area contributed by atoms with E-state index in [1.165, 1.54) is 37.9 Å². The van der Waals surface area contributed by atoms with E-state index in [1.807, 2.05) is 71.0 Å². The van der Waals surface area contributed by atoms with Crippen molar-refractivity contribution < 1.29 is 33.6 Å². The third kappa shape index (κ3) is 39.3. The van der Waals surface area contributed by atoms with Crippen molar-refractivity contribution in [2.24, 2.45) is 0 Å². The molecule has 1 aliphatic rings. The van der Waals surface area contributed by atoms with E-state index in [9.17, 15) is 4.79 Å². The van der Waals surface area contributed by atoms with Crippen molar-refractivity contribution >= 4 is 5.97 Å². The molecule has 2 atom stereocenters. The molecule has 2 heterocycles. The second-order valence-corrected chi connectivity index (χ2v) is 15.1. The van der Waals surface area contributed by atoms with Gasteiger partial charge >= 0.3 is 5.97 Å². The fraction of sp³-hybridized carbons (Fsp3) is 0.727. The van der Waals surface area contributed by atoms with Crippen LogP contribution >= 0.6 is 0 Å². The Balaban J connectivity index is 0. The van der Waals surface area contributed by atoms with Gasteiger partial charge in [-0.05, 0) is 154 Å². The molecule has 2 unspecified atom stereocenters. The highest BCUT2D eigenvalue weighted by Crippen LogP contribution is 2.15. The number of carbonyl (C=O) groups is 1. The van der Waals surface area contributed by atoms with E-state index in [-0.39, 0.29) is 24.9 Å². The number of piperidine rings is 1. The van der Waals surface area contributed by atoms with E-state index in [0.717, 1.165) is 38.4 Å². The van der Waals surface area contributed by atoms with Crippen molar-refractivity contribution in [1.29, 1.82) is 0 Å². The quantitative estimate of drug-likeness (QED) is 0.158. The predicted octanol–water partition coefficient (Wildman–Crippen LogP) is 9.32. The van der Waals surface area contributed by atoms with Crippen LogP contribution in [0.4, 0.5) is 0 Å². The molecule has 10 nitrogen and oxygen atoms in total. The summed E-state index contributed by atoms with van der Waals surface area (Å²) in [6, 6.07) is 16.1. The lowest BCUT2D eigenvalue weighted by Crippen LogP contribution is -2.33. The molecule has 10 heteroatoms. The lowest BCUT2D eigenvalue weighted by Gasteiger charge is -2.26. The normalized spacial score (nSPS) is 14.0. The third-order valence-corrected chi connectivity index (χ3v) is 7.34. The monoisotopic (exact) mass is 764 g/mol. The Kier molecular flexibility index (Phi) is 34.8. The van der Waals surface area contributed by atoms with E-state index in [4.69, 9.17) is 28.8 Å². The first-order chi connectivity index (χ1) is 25.4. The highest BCUT2D eigenvalue weighted by molar-refractivity contribution is 5.68. The minimum Gasteiger partial charge on any atom is -0.480 e. The van der Waals surface area contributed by atoms with Crippen molar-refractivity contribution in [1.82, 2.24) is 14.8 Å². The van der Waals surface area contributed by atoms with Gasteiger partial charge in [-0.2, -0.15) is 0 Å². The molecule has 1 fully saturated rings. The number of ether oxygens (including phenoxy) is 5. The maximum absolute atomic E-state index is 9.78. The maximum atomic E-state index is 9.78. The molecule has 314 valence electrons. The Morgan fingerprint density at radius 1 is 0.722 bits per heavy atom. The van der Waals surface area contributed by atoms with Gasteiger partial charge in [0.15, 0.2) is 0 Å². The summed E-state index contributed by atoms with van der Waals surface area (Å²) >= 11 is 0. The molecular weight excluding hydrogens is 682 g/mol. The molecule has 0 aliphatic carbocycles. The number of nitrogens with zero attached hydrogens (tertiary/aromatic N) is 3. The van der Waals surface area contributed by atoms with Gasteiger partial charge < -0.3 is 38.6 Å². The number of rotatable bonds is 18. The summed E-state index contributed by atoms with van der Waals surface area (Å²) in [6.07, 6.45) is 8.86. The summed E-state index contributed by atoms with van der Waals surface area (Å²) in [5.41, 5.74) is 2.23. The van der Waals surface area contributed by atoms with Gasteiger partial charge in [-0.15, -0.1) is 0 Å². The SMILES string of the molecule is CC(C)OC(C)CCN(C)C.CC(C)OC(C)c1ccccn1.CC(C)OCC(=O)O.CC(C)OCCN1CCCCC1.CC(C)OCc1ccccc1. The fourth-order valence-corrected chi connectivity index (χ4v) is 4.74. The standard InChI is InChI=1S/C10H15NO.C10H21NO.C10H14O.C9H21NO.C5H10O3/c1-8(2)12-9(3)10-6-4-5-7-11-10;1-10(2)12-9-8-11-6-4-3-5-7-11;1-9(2)11-8-10-6-4-3-5-7-10;1-8(2)11-9(3)6-7-10(4)5;1-4(2)8-3-5(6)7/h4-9H,1-3H3;10H,3-9H2,1-2H3;3-7,9H,8H2,1-2H3;8-9H,6-7H2,1-5H3;4H,3H2,1-2H3,(H,6,7). The summed E-state index contributed by atoms with van der Waals surface area (Å²) in [7, 11) is 4.17. The Bertz CT molecular complexity index is 1080. The van der Waals surface area contributed by atoms with Crippen LogP contribution in [-0.2, 0) is 35.1 Å². The minimum atomic E-state index is -0.918. The molecular formula is C44H81N3O7. The second-order valence-electron chi connectivity index (χ2n) is 15.1. The Morgan fingerprint density at radius 3 is 1.72 bits per heavy atom. The molecule has 1 N–H and O–H groups in total. The van der Waals surface area contributed by atoms with Crippen molar-refractivity contribution in [2.75, 3.05) is 53.5 Å². The number of carboxylic acids is 1. The van der Waals surface area contributed by atoms with Gasteiger partial charge in [0.1, 0.15) is 6.61 Å². The Morgan fingerprint density at radius 2 is 1.28 bits per heavy atom. The number of likely N-dealkylation sites (tertiary alicyclic amines) is 1. The molecule has 0 bridgehead atoms. The zero-order valence-electron chi connectivity index (χ0n) is 36.8. The molecule has 0 spiro atoms. The van der Waals surface area contributed by atoms with Crippen molar-refractivity contribution in [3.63, 3.8) is 0 Å². The molecule has 1 aromatic heterocycles. The number of hydrogen-bond donors (Lipinski definition) is 1. The van der Waals surface area contributed by atoms with Gasteiger partial charge in [-0.25, -0.2) is 4.79 Å². The molecule has 0 saturated carbocycles. The van der Waals surface area contributed by atoms with Gasteiger partial charge in [0.05, 0.1) is 61.6 Å². The van der Waals surface area contributed by atoms with Crippen molar-refractivity contribution in [3.05, 3.63) is 66.0 Å². The number of aliphatic carboxylic acids is 1. The van der Waals surface area contributed by atoms with Crippen LogP contribution in [0.1, 0.15) is 126 Å². The van der Waals surface area contributed by atoms with Crippen LogP contribution in [0.5, 0.6) is 0 Å². The van der Waals surface area contributed by atoms with Crippen LogP contribution in [0.25, 0.3) is 0 Å². The highest BCUT2D eigenvalue weighted by Gasteiger charge is 2.10. The molecule has 1 aliphatic heterocycles. The smallest absolute Gasteiger partial charge is 0.329 e. The van der Waals surface area contributed by atoms with Crippen LogP contribution in [0, 0.1) is 0 Å². The largest absolute Gasteiger partial charge is 0.480 e. The first kappa shape index (κ1) is 53.7. The molecule has 2 aromatic rings. The zero-order chi connectivity index (χ0) is 41.3. The van der Waals surface area contributed by atoms with E-state index in [2.05, 4.69) is 75.6 Å². The van der Waals surface area contributed by atoms with Crippen molar-refractivity contribution in [3.8, 4) is 0 Å². The number of aromatic nitrogens is 1. The summed E-state index contributed by atoms with van der Waals surface area (Å²) < 4.78 is 26.8. The second kappa shape index (κ2) is 35.0. The molecule has 0 amide bonds. The third-order valence-electron chi connectivity index (χ3n) is 7.34. The Labute approximate surface area is 331 Å². The fourth-order valence-electron chi connectivity index (χ4n) is 4.74. The van der Waals surface area contributed by atoms with E-state index < -0.39 is 5.97 Å². The van der Waals surface area contributed by atoms with Crippen LogP contribution < -0.4 is 0 Å². The minimum absolute atomic E-state index is 0.00565. The number of benzene rings is 1. The highest BCUT2D eigenvalue weighted by atomic mass is 16.5. The number of carboxylic acid groups (broad SMARTS) is 1. The van der Waals surface area contributed by atoms with Crippen LogP contribution in [0.3, 0.4) is 0 Å². The van der Waals surface area contributed by atoms with Crippen LogP contribution in [0.15, 0.2) is 54.7 Å². The van der Waals surface area contributed by atoms with Crippen molar-refractivity contribution in [2.45, 2.75) is 158 Å². The average Bonchev–Trinajstić information content (AvgIpc) is 3.11. The zero-order valence-corrected chi connectivity index (χ0v) is 36.8. The summed E-state index contributed by atoms with van der Waals surface area (Å²) in [4.78, 5) is 18.7. The maximum Gasteiger partial charge on any atom is 0.329 e. The molecule has 0 radical (unpaired) electrons. The first-order valence-electron chi connectivity index (χ1n) is 20.1. The lowest BCUT2D eigenvalue weighted by atomic mass is 10.1. The number of pyridine rings is 1. The lowest BCUT2D eigenvalue weighted by molar-refractivity contribution is -0.143. The van der Waals surface area contributed by atoms with Crippen LogP contribution in [-0.4, -0.2) is 116 Å². The summed E-state index contributed by atoms with van der Waals surface area (Å²) in [5.74, 6) is -0.918. The molecule has 54 heavy (non-hydrogen) atoms. The van der Waals surface area contributed by atoms with E-state index in [1.54, 1.807) is 20.0 Å². The Hall–Kier alpha value is -2.44. The first-order valence-corrected chi connectivity index (χ1v) is 20.1. The topological polar surface area (TPSA) is 103 Å². The predicted molar refractivity (Wildman–Crippen MR) is 224 cm³/mol. The summed E-state index contributed by atoms with van der Waals surface area (Å²) in [5, 5.41) is 8.04. The molecule has 1 aromatic carbocycles. The number of hydrogen-bond acceptors (Lipinski definition) is 9.